The Bertz CT molecular complexity index is 2920. The van der Waals surface area contributed by atoms with Gasteiger partial charge >= 0.3 is 0 Å². The van der Waals surface area contributed by atoms with Crippen LogP contribution in [0.25, 0.3) is 21.5 Å². The van der Waals surface area contributed by atoms with Gasteiger partial charge in [-0.1, -0.05) is 70.7 Å². The van der Waals surface area contributed by atoms with Gasteiger partial charge in [0, 0.05) is 63.9 Å². The van der Waals surface area contributed by atoms with Crippen molar-refractivity contribution in [2.75, 3.05) is 60.6 Å². The summed E-state index contributed by atoms with van der Waals surface area (Å²) in [5.74, 6) is 0.864. The number of rotatable bonds is 19. The van der Waals surface area contributed by atoms with E-state index in [1.54, 1.807) is 24.3 Å². The Morgan fingerprint density at radius 1 is 0.519 bits per heavy atom. The summed E-state index contributed by atoms with van der Waals surface area (Å²) in [6, 6.07) is 22.0. The predicted molar refractivity (Wildman–Crippen MR) is 308 cm³/mol. The molecule has 3 heterocycles. The molecule has 20 heteroatoms. The Hall–Kier alpha value is -5.07. The van der Waals surface area contributed by atoms with E-state index in [0.717, 1.165) is 41.2 Å². The summed E-state index contributed by atoms with van der Waals surface area (Å²) < 4.78 is 70.7. The molecule has 1 atom stereocenters. The van der Waals surface area contributed by atoms with Gasteiger partial charge < -0.3 is 46.1 Å². The molecule has 7 rings (SSSR count). The van der Waals surface area contributed by atoms with Crippen molar-refractivity contribution in [1.29, 1.82) is 0 Å². The van der Waals surface area contributed by atoms with Crippen LogP contribution >= 0.6 is 46.4 Å². The average molecular weight is 1200 g/mol. The molecular formula is C59H72Cl5F3N6O6. The van der Waals surface area contributed by atoms with Crippen LogP contribution in [0.5, 0.6) is 28.7 Å². The van der Waals surface area contributed by atoms with Crippen molar-refractivity contribution in [3.05, 3.63) is 152 Å². The second kappa shape index (κ2) is 30.1. The van der Waals surface area contributed by atoms with Crippen LogP contribution in [-0.4, -0.2) is 107 Å². The lowest BCUT2D eigenvalue weighted by Gasteiger charge is -2.31. The number of nitrogens with one attached hydrogen (secondary N) is 1. The van der Waals surface area contributed by atoms with Gasteiger partial charge in [-0.15, -0.1) is 0 Å². The summed E-state index contributed by atoms with van der Waals surface area (Å²) in [5, 5.41) is 13.8. The number of halogens is 8. The first-order valence-electron chi connectivity index (χ1n) is 25.3. The van der Waals surface area contributed by atoms with E-state index < -0.39 is 24.1 Å². The summed E-state index contributed by atoms with van der Waals surface area (Å²) >= 11 is 24.7. The van der Waals surface area contributed by atoms with Gasteiger partial charge in [-0.3, -0.25) is 24.8 Å². The molecule has 0 aliphatic rings. The first-order valence-corrected chi connectivity index (χ1v) is 26.9. The standard InChI is InChI=1S/2C23H25Cl2FN2O2.C13H21FN2O2.ClH/c2*1-23(2,3)28(4)10-11-29-15-12-19(26)20(27-13-15)14-30-21-7-5-6-17-16(21)8-9-18(24)22(17)25;1-13(2,3)16(4)5-6-18-10-7-11(14)12(9-17)15-8-10;/h2*5-9,12-13H,10-11,14H2,1-4H3;7-8,17H,5-6,9H2,1-4H3;1H. The van der Waals surface area contributed by atoms with Gasteiger partial charge in [-0.2, -0.15) is 0 Å². The van der Waals surface area contributed by atoms with E-state index in [1.165, 1.54) is 41.7 Å². The number of quaternary nitrogens is 1. The van der Waals surface area contributed by atoms with Crippen LogP contribution in [0.3, 0.4) is 0 Å². The second-order valence-corrected chi connectivity index (χ2v) is 23.0. The SMILES string of the molecule is CN(CCOc1cnc(CO)c(F)c1)C(C)(C)C.CN(CCOc1cnc(COc2cccc3c(Cl)c(Cl)ccc23)c(F)c1)C(C)(C)C.C[NH+](CCOc1cnc(COc2cccc3c(Cl)c(Cl)ccc23)c(F)c1)C(C)(C)C.[Cl-]. The number of aliphatic hydroxyl groups is 1. The molecule has 0 bridgehead atoms. The molecule has 0 fully saturated rings. The van der Waals surface area contributed by atoms with E-state index >= 15 is 0 Å². The Balaban J connectivity index is 0.000000263. The first kappa shape index (κ1) is 66.4. The highest BCUT2D eigenvalue weighted by molar-refractivity contribution is 6.46. The summed E-state index contributed by atoms with van der Waals surface area (Å²) in [7, 11) is 6.14. The van der Waals surface area contributed by atoms with Crippen LogP contribution in [-0.2, 0) is 19.8 Å². The molecule has 430 valence electrons. The third-order valence-corrected chi connectivity index (χ3v) is 14.7. The van der Waals surface area contributed by atoms with Gasteiger partial charge in [0.2, 0.25) is 0 Å². The van der Waals surface area contributed by atoms with Crippen LogP contribution in [0.2, 0.25) is 20.1 Å². The highest BCUT2D eigenvalue weighted by atomic mass is 35.5. The Morgan fingerprint density at radius 3 is 1.23 bits per heavy atom. The molecule has 0 saturated heterocycles. The molecule has 0 spiro atoms. The summed E-state index contributed by atoms with van der Waals surface area (Å²) in [5.41, 5.74) is 0.696. The fourth-order valence-corrected chi connectivity index (χ4v) is 7.74. The van der Waals surface area contributed by atoms with Gasteiger partial charge in [-0.25, -0.2) is 13.2 Å². The summed E-state index contributed by atoms with van der Waals surface area (Å²) in [6.45, 7) is 22.5. The number of likely N-dealkylation sites (N-methyl/N-ethyl adjacent to an activating group) is 3. The van der Waals surface area contributed by atoms with Gasteiger partial charge in [0.25, 0.3) is 0 Å². The Kier molecular flexibility index (Phi) is 25.3. The van der Waals surface area contributed by atoms with Crippen molar-refractivity contribution >= 4 is 67.9 Å². The lowest BCUT2D eigenvalue weighted by Crippen LogP contribution is -3.16. The number of nitrogens with zero attached hydrogens (tertiary/aromatic N) is 5. The largest absolute Gasteiger partial charge is 1.00 e. The van der Waals surface area contributed by atoms with Crippen molar-refractivity contribution in [1.82, 2.24) is 24.8 Å². The highest BCUT2D eigenvalue weighted by Gasteiger charge is 2.22. The van der Waals surface area contributed by atoms with Crippen LogP contribution < -0.4 is 41.0 Å². The third-order valence-electron chi connectivity index (χ3n) is 13.1. The fraction of sp³-hybridized carbons (Fsp3) is 0.407. The quantitative estimate of drug-likeness (QED) is 0.0807. The molecule has 0 aliphatic heterocycles. The maximum atomic E-state index is 14.5. The number of fused-ring (bicyclic) bond motifs is 2. The highest BCUT2D eigenvalue weighted by Crippen LogP contribution is 2.37. The van der Waals surface area contributed by atoms with Gasteiger partial charge in [0.1, 0.15) is 85.4 Å². The van der Waals surface area contributed by atoms with E-state index in [1.807, 2.05) is 50.5 Å². The number of hydrogen-bond donors (Lipinski definition) is 2. The normalized spacial score (nSPS) is 12.1. The molecule has 2 N–H and O–H groups in total. The molecular weight excluding hydrogens is 1120 g/mol. The van der Waals surface area contributed by atoms with Crippen molar-refractivity contribution in [2.45, 2.75) is 98.8 Å². The van der Waals surface area contributed by atoms with Crippen molar-refractivity contribution in [3.8, 4) is 28.7 Å². The second-order valence-electron chi connectivity index (χ2n) is 21.5. The van der Waals surface area contributed by atoms with Crippen molar-refractivity contribution in [2.24, 2.45) is 0 Å². The predicted octanol–water partition coefficient (Wildman–Crippen LogP) is 10.1. The molecule has 4 aromatic carbocycles. The third kappa shape index (κ3) is 19.9. The summed E-state index contributed by atoms with van der Waals surface area (Å²) in [6.07, 6.45) is 4.46. The number of aromatic nitrogens is 3. The van der Waals surface area contributed by atoms with Gasteiger partial charge in [0.05, 0.1) is 57.9 Å². The van der Waals surface area contributed by atoms with Gasteiger partial charge in [0.15, 0.2) is 17.5 Å². The minimum atomic E-state index is -0.542. The molecule has 0 saturated carbocycles. The van der Waals surface area contributed by atoms with Gasteiger partial charge in [-0.05, 0) is 113 Å². The maximum absolute atomic E-state index is 14.5. The Morgan fingerprint density at radius 2 is 0.886 bits per heavy atom. The minimum absolute atomic E-state index is 0. The van der Waals surface area contributed by atoms with E-state index in [2.05, 4.69) is 94.1 Å². The molecule has 12 nitrogen and oxygen atoms in total. The lowest BCUT2D eigenvalue weighted by atomic mass is 10.1. The topological polar surface area (TPSA) is 116 Å². The molecule has 0 amide bonds. The number of aliphatic hydroxyl groups excluding tert-OH is 1. The number of ether oxygens (including phenoxy) is 5. The number of benzene rings is 4. The first-order chi connectivity index (χ1) is 36.7. The molecule has 0 aliphatic carbocycles. The zero-order chi connectivity index (χ0) is 57.5. The monoisotopic (exact) mass is 1190 g/mol. The molecule has 0 radical (unpaired) electrons. The van der Waals surface area contributed by atoms with E-state index in [-0.39, 0.29) is 59.3 Å². The Labute approximate surface area is 489 Å². The van der Waals surface area contributed by atoms with Crippen LogP contribution in [0.15, 0.2) is 97.5 Å². The maximum Gasteiger partial charge on any atom is 0.151 e. The van der Waals surface area contributed by atoms with E-state index in [0.29, 0.717) is 68.7 Å². The van der Waals surface area contributed by atoms with Crippen molar-refractivity contribution < 1.29 is 59.3 Å². The zero-order valence-corrected chi connectivity index (χ0v) is 50.6. The summed E-state index contributed by atoms with van der Waals surface area (Å²) in [4.78, 5) is 17.8. The number of pyridine rings is 3. The van der Waals surface area contributed by atoms with Crippen LogP contribution in [0.1, 0.15) is 79.4 Å². The molecule has 1 unspecified atom stereocenters. The number of hydrogen-bond acceptors (Lipinski definition) is 11. The van der Waals surface area contributed by atoms with E-state index in [9.17, 15) is 13.2 Å². The smallest absolute Gasteiger partial charge is 0.151 e. The zero-order valence-electron chi connectivity index (χ0n) is 46.8. The fourth-order valence-electron chi connectivity index (χ4n) is 6.96. The van der Waals surface area contributed by atoms with Crippen LogP contribution in [0.4, 0.5) is 13.2 Å². The molecule has 3 aromatic heterocycles. The van der Waals surface area contributed by atoms with Crippen LogP contribution in [0, 0.1) is 17.5 Å². The van der Waals surface area contributed by atoms with E-state index in [4.69, 9.17) is 75.2 Å². The molecule has 7 aromatic rings. The molecule has 79 heavy (non-hydrogen) atoms. The minimum Gasteiger partial charge on any atom is -1.00 e. The lowest BCUT2D eigenvalue weighted by molar-refractivity contribution is -0.927. The average Bonchev–Trinajstić information content (AvgIpc) is 3.39. The van der Waals surface area contributed by atoms with Crippen molar-refractivity contribution in [3.63, 3.8) is 0 Å².